The third-order valence-corrected chi connectivity index (χ3v) is 10.0. The van der Waals surface area contributed by atoms with Gasteiger partial charge in [0.1, 0.15) is 81.2 Å². The number of benzene rings is 5. The van der Waals surface area contributed by atoms with E-state index in [0.29, 0.717) is 11.1 Å². The molecule has 5 aromatic carbocycles. The number of ether oxygens (including phenoxy) is 2. The molecule has 0 amide bonds. The molecule has 2 heterocycles. The van der Waals surface area contributed by atoms with E-state index in [1.807, 2.05) is 0 Å². The van der Waals surface area contributed by atoms with Gasteiger partial charge in [-0.3, -0.25) is 9.59 Å². The van der Waals surface area contributed by atoms with E-state index in [-0.39, 0.29) is 199 Å². The first-order chi connectivity index (χ1) is 29.9. The standard InChI is InChI=1S/C38H26O22S4.4Na/c39-29-17-31(23-5-9-25(10-6-23)57-61(41,42)43)55-35-15-27(59-63(47,48)49)13-33(37(29)35)53-19-21-1-2-22(4-3-21)20-54-34-14-28(60-64(50,51)52)16-36-38(34)30(40)18-32(56-36)24-7-11-26(12-8-24)58-62(44,45)46;;;;/h1-18H,19-20H2,(H,41,42,43)(H,44,45,46)(H,47,48,49)(H,50,51,52);;;;/q;4*+1/p-4. The summed E-state index contributed by atoms with van der Waals surface area (Å²) in [5.74, 6) is -2.53. The van der Waals surface area contributed by atoms with Gasteiger partial charge in [0.05, 0.1) is 0 Å². The predicted molar refractivity (Wildman–Crippen MR) is 212 cm³/mol. The Morgan fingerprint density at radius 1 is 0.397 bits per heavy atom. The summed E-state index contributed by atoms with van der Waals surface area (Å²) < 4.78 is 175. The summed E-state index contributed by atoms with van der Waals surface area (Å²) in [6.45, 7) is -0.528. The molecule has 68 heavy (non-hydrogen) atoms. The average Bonchev–Trinajstić information content (AvgIpc) is 3.17. The van der Waals surface area contributed by atoms with Crippen molar-refractivity contribution < 1.29 is 205 Å². The third kappa shape index (κ3) is 16.5. The van der Waals surface area contributed by atoms with Crippen molar-refractivity contribution in [3.63, 3.8) is 0 Å². The predicted octanol–water partition coefficient (Wildman–Crippen LogP) is -8.24. The van der Waals surface area contributed by atoms with Crippen LogP contribution in [-0.2, 0) is 54.8 Å². The molecule has 0 fully saturated rings. The van der Waals surface area contributed by atoms with E-state index in [1.165, 1.54) is 24.3 Å². The van der Waals surface area contributed by atoms with E-state index in [2.05, 4.69) is 16.7 Å². The maximum Gasteiger partial charge on any atom is 1.00 e. The zero-order valence-electron chi connectivity index (χ0n) is 35.4. The van der Waals surface area contributed by atoms with Gasteiger partial charge in [0.25, 0.3) is 41.6 Å². The molecule has 7 aromatic rings. The molecule has 0 radical (unpaired) electrons. The summed E-state index contributed by atoms with van der Waals surface area (Å²) in [7, 11) is -20.8. The monoisotopic (exact) mass is 1050 g/mol. The van der Waals surface area contributed by atoms with Crippen molar-refractivity contribution >= 4 is 63.5 Å². The Hall–Kier alpha value is -3.04. The van der Waals surface area contributed by atoms with Crippen LogP contribution < -0.4 is 155 Å². The SMILES string of the molecule is O=c1cc(-c2ccc(OS(=O)(=O)[O-])cc2)oc2cc(OS(=O)(=O)[O-])cc(OCc3ccc(COc4cc(OS(=O)(=O)[O-])cc5oc(-c6ccc(OS(=O)(=O)[O-])cc6)cc(=O)c45)cc3)c12.[Na+].[Na+].[Na+].[Na+]. The van der Waals surface area contributed by atoms with Gasteiger partial charge in [-0.1, -0.05) is 24.3 Å². The van der Waals surface area contributed by atoms with Crippen LogP contribution in [0.5, 0.6) is 34.5 Å². The Morgan fingerprint density at radius 3 is 0.985 bits per heavy atom. The minimum atomic E-state index is -5.32. The number of hydrogen-bond acceptors (Lipinski definition) is 22. The van der Waals surface area contributed by atoms with E-state index in [4.69, 9.17) is 18.3 Å². The van der Waals surface area contributed by atoms with Crippen LogP contribution in [-0.4, -0.2) is 51.9 Å². The van der Waals surface area contributed by atoms with Gasteiger partial charge in [0, 0.05) is 47.5 Å². The zero-order chi connectivity index (χ0) is 46.2. The van der Waals surface area contributed by atoms with Crippen molar-refractivity contribution in [3.05, 3.63) is 141 Å². The minimum absolute atomic E-state index is 0. The first-order valence-electron chi connectivity index (χ1n) is 17.3. The molecule has 22 nitrogen and oxygen atoms in total. The summed E-state index contributed by atoms with van der Waals surface area (Å²) in [6, 6.07) is 21.7. The molecule has 334 valence electrons. The summed E-state index contributed by atoms with van der Waals surface area (Å²) in [6.07, 6.45) is 0. The smallest absolute Gasteiger partial charge is 0.716 e. The van der Waals surface area contributed by atoms with Crippen LogP contribution in [0, 0.1) is 0 Å². The first kappa shape index (κ1) is 59.3. The van der Waals surface area contributed by atoms with Crippen LogP contribution in [0.2, 0.25) is 0 Å². The Labute approximate surface area is 473 Å². The second kappa shape index (κ2) is 23.9. The summed E-state index contributed by atoms with van der Waals surface area (Å²) in [5.41, 5.74) is -0.636. The molecule has 0 bridgehead atoms. The van der Waals surface area contributed by atoms with Gasteiger partial charge in [-0.25, -0.2) is 33.7 Å². The average molecular weight is 1050 g/mol. The molecule has 0 spiro atoms. The van der Waals surface area contributed by atoms with Crippen LogP contribution in [0.15, 0.2) is 128 Å². The quantitative estimate of drug-likeness (QED) is 0.0493. The minimum Gasteiger partial charge on any atom is -0.716 e. The Balaban J connectivity index is 0.00000306. The van der Waals surface area contributed by atoms with Crippen LogP contribution in [0.4, 0.5) is 0 Å². The molecule has 30 heteroatoms. The summed E-state index contributed by atoms with van der Waals surface area (Å²) in [5, 5.41) is -0.384. The molecule has 0 atom stereocenters. The van der Waals surface area contributed by atoms with E-state index in [1.54, 1.807) is 24.3 Å². The first-order valence-corrected chi connectivity index (χ1v) is 22.7. The van der Waals surface area contributed by atoms with E-state index in [9.17, 15) is 61.5 Å². The zero-order valence-corrected chi connectivity index (χ0v) is 46.7. The molecule has 7 rings (SSSR count). The van der Waals surface area contributed by atoms with Gasteiger partial charge in [-0.15, -0.1) is 0 Å². The Kier molecular flexibility index (Phi) is 20.8. The van der Waals surface area contributed by atoms with Crippen LogP contribution in [0.25, 0.3) is 44.6 Å². The van der Waals surface area contributed by atoms with E-state index >= 15 is 0 Å². The fourth-order valence-electron chi connectivity index (χ4n) is 5.94. The molecule has 0 saturated carbocycles. The number of rotatable bonds is 16. The number of fused-ring (bicyclic) bond motifs is 2. The van der Waals surface area contributed by atoms with Gasteiger partial charge in [0.15, 0.2) is 10.9 Å². The fraction of sp³-hybridized carbons (Fsp3) is 0.0526. The van der Waals surface area contributed by atoms with Gasteiger partial charge in [-0.2, -0.15) is 0 Å². The van der Waals surface area contributed by atoms with Crippen molar-refractivity contribution in [2.45, 2.75) is 13.2 Å². The van der Waals surface area contributed by atoms with Gasteiger partial charge >= 0.3 is 118 Å². The van der Waals surface area contributed by atoms with Crippen molar-refractivity contribution in [1.29, 1.82) is 0 Å². The molecule has 0 aliphatic carbocycles. The molecular formula is C38H22Na4O22S4. The van der Waals surface area contributed by atoms with Crippen molar-refractivity contribution in [3.8, 4) is 57.1 Å². The maximum atomic E-state index is 13.4. The normalized spacial score (nSPS) is 11.5. The van der Waals surface area contributed by atoms with Crippen molar-refractivity contribution in [2.24, 2.45) is 0 Å². The van der Waals surface area contributed by atoms with Gasteiger partial charge in [-0.05, 0) is 59.7 Å². The molecule has 0 aliphatic rings. The fourth-order valence-corrected chi connectivity index (χ4v) is 7.30. The Morgan fingerprint density at radius 2 is 0.691 bits per heavy atom. The summed E-state index contributed by atoms with van der Waals surface area (Å²) >= 11 is 0. The van der Waals surface area contributed by atoms with Crippen LogP contribution in [0.1, 0.15) is 11.1 Å². The topological polar surface area (TPSA) is 345 Å². The molecular weight excluding hydrogens is 1030 g/mol. The molecule has 0 N–H and O–H groups in total. The van der Waals surface area contributed by atoms with E-state index in [0.717, 1.165) is 60.7 Å². The van der Waals surface area contributed by atoms with Crippen molar-refractivity contribution in [1.82, 2.24) is 0 Å². The number of hydrogen-bond donors (Lipinski definition) is 0. The Bertz CT molecular complexity index is 3300. The largest absolute Gasteiger partial charge is 1.00 e. The van der Waals surface area contributed by atoms with Crippen LogP contribution in [0.3, 0.4) is 0 Å². The second-order valence-corrected chi connectivity index (χ2v) is 16.9. The third-order valence-electron chi connectivity index (χ3n) is 8.42. The second-order valence-electron chi connectivity index (χ2n) is 12.9. The molecule has 0 aliphatic heterocycles. The maximum absolute atomic E-state index is 13.4. The van der Waals surface area contributed by atoms with Gasteiger partial charge < -0.3 is 53.3 Å². The summed E-state index contributed by atoms with van der Waals surface area (Å²) in [4.78, 5) is 26.8. The van der Waals surface area contributed by atoms with E-state index < -0.39 is 64.0 Å². The van der Waals surface area contributed by atoms with Crippen molar-refractivity contribution in [2.75, 3.05) is 0 Å². The van der Waals surface area contributed by atoms with Gasteiger partial charge in [0.2, 0.25) is 0 Å². The molecule has 2 aromatic heterocycles. The molecule has 0 unspecified atom stereocenters. The molecule has 0 saturated heterocycles. The van der Waals surface area contributed by atoms with Crippen LogP contribution >= 0.6 is 0 Å².